The van der Waals surface area contributed by atoms with Crippen LogP contribution in [-0.4, -0.2) is 58.6 Å². The number of sulfone groups is 1. The number of fused-ring (bicyclic) bond motifs is 2. The maximum absolute atomic E-state index is 13.3. The van der Waals surface area contributed by atoms with Crippen molar-refractivity contribution in [1.29, 1.82) is 0 Å². The molecule has 1 fully saturated rings. The first-order valence-corrected chi connectivity index (χ1v) is 12.6. The van der Waals surface area contributed by atoms with E-state index in [9.17, 15) is 18.0 Å². The lowest BCUT2D eigenvalue weighted by Crippen LogP contribution is -2.57. The topological polar surface area (TPSA) is 103 Å². The summed E-state index contributed by atoms with van der Waals surface area (Å²) in [5.41, 5.74) is 1.07. The summed E-state index contributed by atoms with van der Waals surface area (Å²) >= 11 is 0. The Bertz CT molecular complexity index is 1570. The second-order valence-corrected chi connectivity index (χ2v) is 10.5. The van der Waals surface area contributed by atoms with Gasteiger partial charge in [0, 0.05) is 25.8 Å². The standard InChI is InChI=1S/C24H24N4O5S/c1-3-11-27-20(13-19-22(27)25-21-6-4-5-12-28(21)23(19)29)24(30)26-14-18(15-26)34(31,32)17-9-7-16(33-2)8-10-17/h4-10,12-13,18H,3,11,14-15H2,1-2H3. The predicted octanol–water partition coefficient (Wildman–Crippen LogP) is 2.37. The minimum atomic E-state index is -3.58. The number of carbonyl (C=O) groups is 1. The van der Waals surface area contributed by atoms with Crippen molar-refractivity contribution in [1.82, 2.24) is 18.9 Å². The summed E-state index contributed by atoms with van der Waals surface area (Å²) in [6.07, 6.45) is 2.39. The van der Waals surface area contributed by atoms with E-state index in [-0.39, 0.29) is 29.5 Å². The van der Waals surface area contributed by atoms with Crippen molar-refractivity contribution in [2.75, 3.05) is 20.2 Å². The lowest BCUT2D eigenvalue weighted by atomic mass is 10.2. The molecule has 4 aromatic rings. The van der Waals surface area contributed by atoms with Crippen LogP contribution in [0.25, 0.3) is 16.7 Å². The lowest BCUT2D eigenvalue weighted by molar-refractivity contribution is 0.0648. The fourth-order valence-corrected chi connectivity index (χ4v) is 5.95. The Morgan fingerprint density at radius 1 is 1.15 bits per heavy atom. The van der Waals surface area contributed by atoms with Crippen LogP contribution in [0.2, 0.25) is 0 Å². The number of aryl methyl sites for hydroxylation is 1. The Labute approximate surface area is 196 Å². The van der Waals surface area contributed by atoms with Crippen molar-refractivity contribution < 1.29 is 17.9 Å². The van der Waals surface area contributed by atoms with Crippen LogP contribution >= 0.6 is 0 Å². The summed E-state index contributed by atoms with van der Waals surface area (Å²) in [7, 11) is -2.06. The zero-order valence-electron chi connectivity index (χ0n) is 18.8. The number of rotatable bonds is 6. The number of nitrogens with zero attached hydrogens (tertiary/aromatic N) is 4. The van der Waals surface area contributed by atoms with Crippen LogP contribution in [0.4, 0.5) is 0 Å². The zero-order valence-corrected chi connectivity index (χ0v) is 19.7. The molecular formula is C24H24N4O5S. The second-order valence-electron chi connectivity index (χ2n) is 8.32. The van der Waals surface area contributed by atoms with Gasteiger partial charge in [-0.05, 0) is 48.9 Å². The van der Waals surface area contributed by atoms with E-state index in [1.54, 1.807) is 47.2 Å². The molecule has 0 spiro atoms. The van der Waals surface area contributed by atoms with E-state index in [0.29, 0.717) is 34.7 Å². The molecule has 1 amide bonds. The predicted molar refractivity (Wildman–Crippen MR) is 127 cm³/mol. The number of benzene rings is 1. The van der Waals surface area contributed by atoms with Gasteiger partial charge in [-0.25, -0.2) is 13.4 Å². The average Bonchev–Trinajstić information content (AvgIpc) is 3.17. The van der Waals surface area contributed by atoms with Gasteiger partial charge in [0.05, 0.1) is 17.4 Å². The van der Waals surface area contributed by atoms with Gasteiger partial charge in [-0.2, -0.15) is 0 Å². The molecule has 176 valence electrons. The van der Waals surface area contributed by atoms with E-state index < -0.39 is 15.1 Å². The molecule has 1 aliphatic rings. The van der Waals surface area contributed by atoms with Gasteiger partial charge in [0.2, 0.25) is 0 Å². The van der Waals surface area contributed by atoms with Gasteiger partial charge in [0.1, 0.15) is 28.0 Å². The van der Waals surface area contributed by atoms with Crippen molar-refractivity contribution in [3.8, 4) is 5.75 Å². The van der Waals surface area contributed by atoms with Crippen molar-refractivity contribution in [3.05, 3.63) is 70.8 Å². The van der Waals surface area contributed by atoms with Crippen molar-refractivity contribution in [3.63, 3.8) is 0 Å². The molecule has 1 saturated heterocycles. The molecule has 0 unspecified atom stereocenters. The molecule has 10 heteroatoms. The minimum absolute atomic E-state index is 0.0925. The van der Waals surface area contributed by atoms with Crippen molar-refractivity contribution in [2.45, 2.75) is 30.0 Å². The van der Waals surface area contributed by atoms with E-state index in [0.717, 1.165) is 6.42 Å². The second kappa shape index (κ2) is 8.28. The third kappa shape index (κ3) is 3.45. The van der Waals surface area contributed by atoms with Crippen molar-refractivity contribution >= 4 is 32.4 Å². The van der Waals surface area contributed by atoms with Crippen LogP contribution in [0.15, 0.2) is 64.4 Å². The van der Waals surface area contributed by atoms with E-state index in [1.165, 1.54) is 28.5 Å². The summed E-state index contributed by atoms with van der Waals surface area (Å²) in [4.78, 5) is 32.7. The molecule has 0 radical (unpaired) electrons. The van der Waals surface area contributed by atoms with Crippen LogP contribution in [0.1, 0.15) is 23.8 Å². The van der Waals surface area contributed by atoms with E-state index in [4.69, 9.17) is 4.74 Å². The largest absolute Gasteiger partial charge is 0.497 e. The number of likely N-dealkylation sites (tertiary alicyclic amines) is 1. The maximum atomic E-state index is 13.3. The van der Waals surface area contributed by atoms with Gasteiger partial charge >= 0.3 is 0 Å². The first-order chi connectivity index (χ1) is 16.3. The molecule has 0 saturated carbocycles. The monoisotopic (exact) mass is 480 g/mol. The number of methoxy groups -OCH3 is 1. The Morgan fingerprint density at radius 2 is 1.88 bits per heavy atom. The highest BCUT2D eigenvalue weighted by Gasteiger charge is 2.41. The highest BCUT2D eigenvalue weighted by atomic mass is 32.2. The third-order valence-electron chi connectivity index (χ3n) is 6.20. The van der Waals surface area contributed by atoms with E-state index in [1.807, 2.05) is 6.92 Å². The molecule has 0 atom stereocenters. The summed E-state index contributed by atoms with van der Waals surface area (Å²) in [5.74, 6) is 0.270. The number of aromatic nitrogens is 3. The molecule has 34 heavy (non-hydrogen) atoms. The molecule has 3 aromatic heterocycles. The van der Waals surface area contributed by atoms with Gasteiger partial charge in [0.25, 0.3) is 11.5 Å². The number of ether oxygens (including phenoxy) is 1. The van der Waals surface area contributed by atoms with Gasteiger partial charge < -0.3 is 14.2 Å². The Hall–Kier alpha value is -3.66. The Balaban J connectivity index is 1.45. The summed E-state index contributed by atoms with van der Waals surface area (Å²) in [6, 6.07) is 13.1. The molecular weight excluding hydrogens is 456 g/mol. The normalized spacial score (nSPS) is 14.5. The highest BCUT2D eigenvalue weighted by Crippen LogP contribution is 2.27. The molecule has 9 nitrogen and oxygen atoms in total. The smallest absolute Gasteiger partial charge is 0.270 e. The Morgan fingerprint density at radius 3 is 2.56 bits per heavy atom. The fourth-order valence-electron chi connectivity index (χ4n) is 4.30. The molecule has 4 heterocycles. The molecule has 0 bridgehead atoms. The van der Waals surface area contributed by atoms with E-state index >= 15 is 0 Å². The molecule has 0 N–H and O–H groups in total. The zero-order chi connectivity index (χ0) is 24.0. The minimum Gasteiger partial charge on any atom is -0.497 e. The lowest BCUT2D eigenvalue weighted by Gasteiger charge is -2.38. The van der Waals surface area contributed by atoms with Gasteiger partial charge in [-0.3, -0.25) is 14.0 Å². The molecule has 0 aliphatic carbocycles. The number of pyridine rings is 1. The van der Waals surface area contributed by atoms with Crippen LogP contribution < -0.4 is 10.3 Å². The van der Waals surface area contributed by atoms with Gasteiger partial charge in [0.15, 0.2) is 9.84 Å². The summed E-state index contributed by atoms with van der Waals surface area (Å²) < 4.78 is 34.2. The Kier molecular flexibility index (Phi) is 5.40. The number of hydrogen-bond acceptors (Lipinski definition) is 6. The van der Waals surface area contributed by atoms with Crippen LogP contribution in [0, 0.1) is 0 Å². The van der Waals surface area contributed by atoms with Gasteiger partial charge in [-0.1, -0.05) is 13.0 Å². The molecule has 5 rings (SSSR count). The first-order valence-electron chi connectivity index (χ1n) is 11.0. The number of hydrogen-bond donors (Lipinski definition) is 0. The fraction of sp³-hybridized carbons (Fsp3) is 0.292. The quantitative estimate of drug-likeness (QED) is 0.420. The average molecular weight is 481 g/mol. The third-order valence-corrected chi connectivity index (χ3v) is 8.31. The maximum Gasteiger partial charge on any atom is 0.270 e. The number of amides is 1. The van der Waals surface area contributed by atoms with E-state index in [2.05, 4.69) is 4.98 Å². The summed E-state index contributed by atoms with van der Waals surface area (Å²) in [6.45, 7) is 2.68. The SMILES string of the molecule is CCCn1c(C(=O)N2CC(S(=O)(=O)c3ccc(OC)cc3)C2)cc2c(=O)n3ccccc3nc21. The molecule has 1 aliphatic heterocycles. The summed E-state index contributed by atoms with van der Waals surface area (Å²) in [5, 5.41) is -0.316. The first kappa shape index (κ1) is 22.1. The van der Waals surface area contributed by atoms with Crippen LogP contribution in [-0.2, 0) is 16.4 Å². The van der Waals surface area contributed by atoms with Crippen LogP contribution in [0.3, 0.4) is 0 Å². The van der Waals surface area contributed by atoms with Gasteiger partial charge in [-0.15, -0.1) is 0 Å². The van der Waals surface area contributed by atoms with Crippen molar-refractivity contribution in [2.24, 2.45) is 0 Å². The highest BCUT2D eigenvalue weighted by molar-refractivity contribution is 7.92. The number of carbonyl (C=O) groups excluding carboxylic acids is 1. The molecule has 1 aromatic carbocycles. The van der Waals surface area contributed by atoms with Crippen LogP contribution in [0.5, 0.6) is 5.75 Å².